The third kappa shape index (κ3) is 4.43. The maximum atomic E-state index is 5.08. The molecule has 1 heterocycles. The summed E-state index contributed by atoms with van der Waals surface area (Å²) >= 11 is 0. The van der Waals surface area contributed by atoms with Gasteiger partial charge in [0.25, 0.3) is 0 Å². The second kappa shape index (κ2) is 7.24. The van der Waals surface area contributed by atoms with Crippen molar-refractivity contribution in [1.82, 2.24) is 4.90 Å². The molecular weight excluding hydrogens is 174 g/mol. The fraction of sp³-hybridized carbons (Fsp3) is 1.00. The van der Waals surface area contributed by atoms with E-state index in [0.717, 1.165) is 12.5 Å². The van der Waals surface area contributed by atoms with Crippen LogP contribution in [0.25, 0.3) is 0 Å². The second-order valence-corrected chi connectivity index (χ2v) is 4.39. The molecule has 2 nitrogen and oxygen atoms in total. The van der Waals surface area contributed by atoms with Crippen LogP contribution in [0.15, 0.2) is 0 Å². The summed E-state index contributed by atoms with van der Waals surface area (Å²) in [6.07, 6.45) is 6.80. The highest BCUT2D eigenvalue weighted by Gasteiger charge is 2.14. The van der Waals surface area contributed by atoms with E-state index in [1.54, 1.807) is 7.11 Å². The van der Waals surface area contributed by atoms with Gasteiger partial charge in [-0.1, -0.05) is 13.3 Å². The van der Waals surface area contributed by atoms with Gasteiger partial charge in [-0.15, -0.1) is 0 Å². The van der Waals surface area contributed by atoms with Gasteiger partial charge < -0.3 is 9.64 Å². The van der Waals surface area contributed by atoms with Crippen LogP contribution in [0.4, 0.5) is 0 Å². The van der Waals surface area contributed by atoms with Gasteiger partial charge in [0.2, 0.25) is 0 Å². The topological polar surface area (TPSA) is 12.5 Å². The van der Waals surface area contributed by atoms with Crippen LogP contribution >= 0.6 is 0 Å². The average molecular weight is 199 g/mol. The molecule has 1 aliphatic heterocycles. The van der Waals surface area contributed by atoms with E-state index in [1.165, 1.54) is 51.7 Å². The van der Waals surface area contributed by atoms with Gasteiger partial charge in [-0.3, -0.25) is 0 Å². The van der Waals surface area contributed by atoms with Crippen LogP contribution in [0.1, 0.15) is 39.0 Å². The van der Waals surface area contributed by atoms with Crippen molar-refractivity contribution in [1.29, 1.82) is 0 Å². The van der Waals surface area contributed by atoms with Gasteiger partial charge in [0.05, 0.1) is 0 Å². The highest BCUT2D eigenvalue weighted by Crippen LogP contribution is 2.20. The molecular formula is C12H25NO. The molecule has 0 aliphatic carbocycles. The van der Waals surface area contributed by atoms with E-state index < -0.39 is 0 Å². The van der Waals surface area contributed by atoms with Crippen molar-refractivity contribution in [2.45, 2.75) is 39.0 Å². The van der Waals surface area contributed by atoms with E-state index >= 15 is 0 Å². The Balaban J connectivity index is 2.14. The quantitative estimate of drug-likeness (QED) is 0.631. The van der Waals surface area contributed by atoms with E-state index in [4.69, 9.17) is 4.74 Å². The van der Waals surface area contributed by atoms with Crippen molar-refractivity contribution in [3.05, 3.63) is 0 Å². The summed E-state index contributed by atoms with van der Waals surface area (Å²) < 4.78 is 5.08. The maximum Gasteiger partial charge on any atom is 0.0474 e. The molecule has 0 N–H and O–H groups in total. The lowest BCUT2D eigenvalue weighted by Crippen LogP contribution is -2.26. The molecule has 0 amide bonds. The minimum absolute atomic E-state index is 0.910. The first-order chi connectivity index (χ1) is 6.86. The number of hydrogen-bond donors (Lipinski definition) is 0. The van der Waals surface area contributed by atoms with E-state index in [1.807, 2.05) is 0 Å². The molecule has 0 saturated carbocycles. The minimum atomic E-state index is 0.910. The van der Waals surface area contributed by atoms with E-state index in [0.29, 0.717) is 0 Å². The molecule has 0 aromatic heterocycles. The first kappa shape index (κ1) is 12.0. The minimum Gasteiger partial charge on any atom is -0.385 e. The summed E-state index contributed by atoms with van der Waals surface area (Å²) in [5, 5.41) is 0. The highest BCUT2D eigenvalue weighted by molar-refractivity contribution is 4.69. The first-order valence-corrected chi connectivity index (χ1v) is 6.08. The van der Waals surface area contributed by atoms with Crippen LogP contribution < -0.4 is 0 Å². The van der Waals surface area contributed by atoms with Crippen molar-refractivity contribution < 1.29 is 4.74 Å². The Hall–Kier alpha value is -0.0800. The zero-order valence-electron chi connectivity index (χ0n) is 9.80. The largest absolute Gasteiger partial charge is 0.385 e. The molecule has 0 bridgehead atoms. The Kier molecular flexibility index (Phi) is 6.20. The molecule has 0 aromatic carbocycles. The van der Waals surface area contributed by atoms with Crippen molar-refractivity contribution >= 4 is 0 Å². The van der Waals surface area contributed by atoms with Gasteiger partial charge in [0, 0.05) is 20.3 Å². The predicted molar refractivity (Wildman–Crippen MR) is 60.6 cm³/mol. The van der Waals surface area contributed by atoms with Gasteiger partial charge in [-0.05, 0) is 44.7 Å². The van der Waals surface area contributed by atoms with Crippen LogP contribution in [-0.2, 0) is 4.74 Å². The van der Waals surface area contributed by atoms with Crippen molar-refractivity contribution in [2.75, 3.05) is 33.4 Å². The lowest BCUT2D eigenvalue weighted by atomic mass is 9.98. The van der Waals surface area contributed by atoms with Crippen molar-refractivity contribution in [2.24, 2.45) is 5.92 Å². The first-order valence-electron chi connectivity index (χ1n) is 6.08. The van der Waals surface area contributed by atoms with Gasteiger partial charge in [-0.2, -0.15) is 0 Å². The van der Waals surface area contributed by atoms with Crippen LogP contribution in [0, 0.1) is 5.92 Å². The summed E-state index contributed by atoms with van der Waals surface area (Å²) in [6, 6.07) is 0. The molecule has 1 atom stereocenters. The zero-order valence-corrected chi connectivity index (χ0v) is 9.80. The second-order valence-electron chi connectivity index (χ2n) is 4.39. The fourth-order valence-electron chi connectivity index (χ4n) is 2.29. The summed E-state index contributed by atoms with van der Waals surface area (Å²) in [6.45, 7) is 7.08. The number of methoxy groups -OCH3 is 1. The lowest BCUT2D eigenvalue weighted by molar-refractivity contribution is 0.172. The molecule has 0 radical (unpaired) electrons. The third-order valence-electron chi connectivity index (χ3n) is 3.34. The van der Waals surface area contributed by atoms with E-state index in [-0.39, 0.29) is 0 Å². The number of hydrogen-bond acceptors (Lipinski definition) is 2. The number of rotatable bonds is 5. The SMILES string of the molecule is CCC1CCCN(CCCOC)CC1. The van der Waals surface area contributed by atoms with E-state index in [2.05, 4.69) is 11.8 Å². The van der Waals surface area contributed by atoms with Crippen molar-refractivity contribution in [3.63, 3.8) is 0 Å². The number of ether oxygens (including phenoxy) is 1. The van der Waals surface area contributed by atoms with Crippen LogP contribution in [0.5, 0.6) is 0 Å². The van der Waals surface area contributed by atoms with Crippen LogP contribution in [-0.4, -0.2) is 38.3 Å². The highest BCUT2D eigenvalue weighted by atomic mass is 16.5. The predicted octanol–water partition coefficient (Wildman–Crippen LogP) is 2.54. The number of nitrogens with zero attached hydrogens (tertiary/aromatic N) is 1. The Morgan fingerprint density at radius 1 is 1.29 bits per heavy atom. The fourth-order valence-corrected chi connectivity index (χ4v) is 2.29. The van der Waals surface area contributed by atoms with Crippen molar-refractivity contribution in [3.8, 4) is 0 Å². The Morgan fingerprint density at radius 2 is 2.14 bits per heavy atom. The molecule has 1 unspecified atom stereocenters. The smallest absolute Gasteiger partial charge is 0.0474 e. The van der Waals surface area contributed by atoms with Crippen LogP contribution in [0.3, 0.4) is 0 Å². The van der Waals surface area contributed by atoms with Gasteiger partial charge in [0.15, 0.2) is 0 Å². The molecule has 1 rings (SSSR count). The number of likely N-dealkylation sites (tertiary alicyclic amines) is 1. The lowest BCUT2D eigenvalue weighted by Gasteiger charge is -2.19. The normalized spacial score (nSPS) is 24.9. The zero-order chi connectivity index (χ0) is 10.2. The van der Waals surface area contributed by atoms with Gasteiger partial charge >= 0.3 is 0 Å². The molecule has 1 saturated heterocycles. The van der Waals surface area contributed by atoms with Crippen LogP contribution in [0.2, 0.25) is 0 Å². The molecule has 0 aromatic rings. The monoisotopic (exact) mass is 199 g/mol. The third-order valence-corrected chi connectivity index (χ3v) is 3.34. The molecule has 84 valence electrons. The Morgan fingerprint density at radius 3 is 2.86 bits per heavy atom. The maximum absolute atomic E-state index is 5.08. The summed E-state index contributed by atoms with van der Waals surface area (Å²) in [7, 11) is 1.79. The van der Waals surface area contributed by atoms with Gasteiger partial charge in [-0.25, -0.2) is 0 Å². The summed E-state index contributed by atoms with van der Waals surface area (Å²) in [5.74, 6) is 0.988. The Bertz CT molecular complexity index is 138. The molecule has 14 heavy (non-hydrogen) atoms. The average Bonchev–Trinajstić information content (AvgIpc) is 2.43. The summed E-state index contributed by atoms with van der Waals surface area (Å²) in [5.41, 5.74) is 0. The van der Waals surface area contributed by atoms with E-state index in [9.17, 15) is 0 Å². The molecule has 1 fully saturated rings. The molecule has 2 heteroatoms. The Labute approximate surface area is 88.6 Å². The van der Waals surface area contributed by atoms with Gasteiger partial charge in [0.1, 0.15) is 0 Å². The standard InChI is InChI=1S/C12H25NO/c1-3-12-6-4-8-13(10-7-12)9-5-11-14-2/h12H,3-11H2,1-2H3. The molecule has 1 aliphatic rings. The summed E-state index contributed by atoms with van der Waals surface area (Å²) in [4.78, 5) is 2.61. The molecule has 0 spiro atoms.